The number of rotatable bonds is 5. The molecule has 1 aliphatic heterocycles. The Bertz CT molecular complexity index is 1610. The van der Waals surface area contributed by atoms with Gasteiger partial charge >= 0.3 is 182 Å². The van der Waals surface area contributed by atoms with Crippen molar-refractivity contribution in [3.8, 4) is 0 Å². The van der Waals surface area contributed by atoms with Crippen molar-refractivity contribution < 1.29 is 23.1 Å². The molecule has 0 radical (unpaired) electrons. The van der Waals surface area contributed by atoms with Crippen LogP contribution in [0.5, 0.6) is 0 Å². The fraction of sp³-hybridized carbons (Fsp3) is 0.160. The number of fused-ring (bicyclic) bond motifs is 2. The summed E-state index contributed by atoms with van der Waals surface area (Å²) >= 11 is -0.377. The number of nitrogens with zero attached hydrogens (tertiary/aromatic N) is 1. The molecule has 1 aliphatic rings. The number of aryl methyl sites for hydroxylation is 1. The molecular formula is C25H19F2N3O4Se. The van der Waals surface area contributed by atoms with Crippen LogP contribution in [0.15, 0.2) is 41.2 Å². The number of hydrogen-bond donors (Lipinski definition) is 2. The normalized spacial score (nSPS) is 13.9. The topological polar surface area (TPSA) is 93.2 Å². The summed E-state index contributed by atoms with van der Waals surface area (Å²) in [6, 6.07) is 8.54. The molecule has 1 amide bonds. The van der Waals surface area contributed by atoms with Crippen LogP contribution in [0.1, 0.15) is 32.9 Å². The van der Waals surface area contributed by atoms with Crippen molar-refractivity contribution in [1.29, 1.82) is 0 Å². The van der Waals surface area contributed by atoms with E-state index in [1.807, 2.05) is 0 Å². The van der Waals surface area contributed by atoms with Gasteiger partial charge in [-0.05, 0) is 6.07 Å². The number of aromatic amines is 1. The van der Waals surface area contributed by atoms with Gasteiger partial charge in [-0.15, -0.1) is 0 Å². The number of carbonyl (C=O) groups excluding carboxylic acids is 2. The van der Waals surface area contributed by atoms with Gasteiger partial charge in [-0.25, -0.2) is 4.39 Å². The third-order valence-corrected chi connectivity index (χ3v) is 8.21. The molecule has 2 aromatic carbocycles. The van der Waals surface area contributed by atoms with Crippen LogP contribution >= 0.6 is 0 Å². The quantitative estimate of drug-likeness (QED) is 0.229. The van der Waals surface area contributed by atoms with Crippen molar-refractivity contribution in [2.75, 3.05) is 11.9 Å². The molecule has 35 heavy (non-hydrogen) atoms. The number of ether oxygens (including phenoxy) is 1. The third kappa shape index (κ3) is 4.05. The number of halogens is 2. The second-order valence-corrected chi connectivity index (χ2v) is 10.3. The second kappa shape index (κ2) is 8.79. The molecule has 0 atom stereocenters. The van der Waals surface area contributed by atoms with Crippen molar-refractivity contribution in [1.82, 2.24) is 8.55 Å². The zero-order valence-electron chi connectivity index (χ0n) is 18.7. The van der Waals surface area contributed by atoms with Gasteiger partial charge in [-0.2, -0.15) is 0 Å². The van der Waals surface area contributed by atoms with Gasteiger partial charge in [-0.3, -0.25) is 0 Å². The molecule has 178 valence electrons. The van der Waals surface area contributed by atoms with E-state index in [0.29, 0.717) is 37.7 Å². The Morgan fingerprint density at radius 3 is 2.77 bits per heavy atom. The molecule has 0 fully saturated rings. The second-order valence-electron chi connectivity index (χ2n) is 8.11. The zero-order valence-corrected chi connectivity index (χ0v) is 20.4. The average molecular weight is 542 g/mol. The zero-order chi connectivity index (χ0) is 24.9. The maximum absolute atomic E-state index is 14.0. The SMILES string of the molecule is Cc1[nH]c(/C=C2\C(=O)Nc3c(F)cccc32)c(C)c1C(=O)OCCn1[se]c2cc(F)ccc2c1=O. The third-order valence-electron chi connectivity index (χ3n) is 5.89. The number of para-hydroxylation sites is 1. The molecule has 0 unspecified atom stereocenters. The van der Waals surface area contributed by atoms with Gasteiger partial charge in [0.25, 0.3) is 0 Å². The number of H-pyrrole nitrogens is 1. The molecule has 10 heteroatoms. The van der Waals surface area contributed by atoms with Crippen molar-refractivity contribution >= 4 is 53.6 Å². The van der Waals surface area contributed by atoms with Gasteiger partial charge in [0.15, 0.2) is 0 Å². The Morgan fingerprint density at radius 2 is 1.97 bits per heavy atom. The molecule has 5 rings (SSSR count). The maximum atomic E-state index is 14.0. The average Bonchev–Trinajstić information content (AvgIpc) is 3.40. The molecule has 4 aromatic rings. The van der Waals surface area contributed by atoms with E-state index in [1.165, 1.54) is 30.3 Å². The first-order chi connectivity index (χ1) is 16.7. The van der Waals surface area contributed by atoms with Crippen LogP contribution in [0.3, 0.4) is 0 Å². The predicted octanol–water partition coefficient (Wildman–Crippen LogP) is 3.63. The Balaban J connectivity index is 1.34. The standard InChI is InChI=1S/C25H19F2N3O4Se/c1-12-19(11-17-15-4-3-5-18(27)22(15)29-23(17)31)28-13(2)21(12)25(33)34-9-8-30-24(32)16-7-6-14(26)10-20(16)35-30/h3-7,10-11,28H,8-9H2,1-2H3,(H,29,31)/b17-11-. The molecule has 7 nitrogen and oxygen atoms in total. The van der Waals surface area contributed by atoms with Gasteiger partial charge in [0.2, 0.25) is 0 Å². The number of amides is 1. The first-order valence-corrected chi connectivity index (χ1v) is 12.3. The Kier molecular flexibility index (Phi) is 5.78. The van der Waals surface area contributed by atoms with E-state index in [0.717, 1.165) is 0 Å². The molecule has 2 N–H and O–H groups in total. The molecule has 0 saturated heterocycles. The van der Waals surface area contributed by atoms with Gasteiger partial charge in [0, 0.05) is 0 Å². The molecule has 0 saturated carbocycles. The Hall–Kier alpha value is -3.75. The van der Waals surface area contributed by atoms with E-state index < -0.39 is 17.7 Å². The number of esters is 1. The molecule has 0 aliphatic carbocycles. The number of hydrogen-bond acceptors (Lipinski definition) is 4. The van der Waals surface area contributed by atoms with E-state index in [-0.39, 0.29) is 50.5 Å². The van der Waals surface area contributed by atoms with E-state index in [1.54, 1.807) is 29.6 Å². The van der Waals surface area contributed by atoms with Crippen LogP contribution in [0, 0.1) is 25.5 Å². The van der Waals surface area contributed by atoms with Crippen molar-refractivity contribution in [2.45, 2.75) is 20.4 Å². The minimum absolute atomic E-state index is 0.0155. The van der Waals surface area contributed by atoms with E-state index in [9.17, 15) is 23.2 Å². The minimum atomic E-state index is -0.564. The van der Waals surface area contributed by atoms with Gasteiger partial charge in [0.05, 0.1) is 0 Å². The van der Waals surface area contributed by atoms with Gasteiger partial charge in [-0.1, -0.05) is 6.07 Å². The predicted molar refractivity (Wildman–Crippen MR) is 129 cm³/mol. The summed E-state index contributed by atoms with van der Waals surface area (Å²) in [4.78, 5) is 40.8. The fourth-order valence-corrected chi connectivity index (χ4v) is 6.28. The van der Waals surface area contributed by atoms with Gasteiger partial charge < -0.3 is 0 Å². The molecule has 0 spiro atoms. The van der Waals surface area contributed by atoms with E-state index in [4.69, 9.17) is 4.74 Å². The van der Waals surface area contributed by atoms with Crippen LogP contribution in [-0.2, 0) is 16.1 Å². The first-order valence-electron chi connectivity index (χ1n) is 10.7. The van der Waals surface area contributed by atoms with Crippen LogP contribution < -0.4 is 10.9 Å². The Morgan fingerprint density at radius 1 is 1.17 bits per heavy atom. The van der Waals surface area contributed by atoms with Crippen LogP contribution in [0.4, 0.5) is 14.5 Å². The summed E-state index contributed by atoms with van der Waals surface area (Å²) in [7, 11) is 0. The number of aromatic nitrogens is 2. The van der Waals surface area contributed by atoms with Crippen molar-refractivity contribution in [3.63, 3.8) is 0 Å². The number of nitrogens with one attached hydrogen (secondary N) is 2. The first kappa shape index (κ1) is 23.0. The number of benzene rings is 2. The molecular weight excluding hydrogens is 523 g/mol. The van der Waals surface area contributed by atoms with Crippen molar-refractivity contribution in [2.24, 2.45) is 0 Å². The number of carbonyl (C=O) groups is 2. The summed E-state index contributed by atoms with van der Waals surface area (Å²) in [5.41, 5.74) is 2.67. The molecule has 2 aromatic heterocycles. The summed E-state index contributed by atoms with van der Waals surface area (Å²) < 4.78 is 35.1. The summed E-state index contributed by atoms with van der Waals surface area (Å²) in [5, 5.41) is 3.01. The Labute approximate surface area is 204 Å². The van der Waals surface area contributed by atoms with E-state index in [2.05, 4.69) is 10.3 Å². The number of anilines is 1. The van der Waals surface area contributed by atoms with Crippen LogP contribution in [0.2, 0.25) is 0 Å². The molecule has 0 bridgehead atoms. The van der Waals surface area contributed by atoms with Crippen molar-refractivity contribution in [3.05, 3.63) is 86.5 Å². The van der Waals surface area contributed by atoms with Crippen LogP contribution in [0.25, 0.3) is 21.3 Å². The summed E-state index contributed by atoms with van der Waals surface area (Å²) in [6.07, 6.45) is 1.58. The van der Waals surface area contributed by atoms with Gasteiger partial charge in [0.1, 0.15) is 5.82 Å². The molecule has 3 heterocycles. The van der Waals surface area contributed by atoms with Crippen LogP contribution in [-0.4, -0.2) is 41.8 Å². The monoisotopic (exact) mass is 543 g/mol. The van der Waals surface area contributed by atoms with E-state index >= 15 is 0 Å². The summed E-state index contributed by atoms with van der Waals surface area (Å²) in [5.74, 6) is -1.90. The summed E-state index contributed by atoms with van der Waals surface area (Å²) in [6.45, 7) is 3.62. The fourth-order valence-electron chi connectivity index (χ4n) is 4.17.